The summed E-state index contributed by atoms with van der Waals surface area (Å²) in [6.07, 6.45) is 0.825. The Hall–Kier alpha value is -3.06. The van der Waals surface area contributed by atoms with Gasteiger partial charge in [0.1, 0.15) is 12.1 Å². The van der Waals surface area contributed by atoms with Crippen LogP contribution in [0.25, 0.3) is 0 Å². The van der Waals surface area contributed by atoms with E-state index in [-0.39, 0.29) is 66.0 Å². The maximum atomic E-state index is 14.2. The summed E-state index contributed by atoms with van der Waals surface area (Å²) in [6.45, 7) is 16.1. The quantitative estimate of drug-likeness (QED) is 0.171. The van der Waals surface area contributed by atoms with Gasteiger partial charge in [0.05, 0.1) is 48.7 Å². The number of carbonyl (C=O) groups excluding carboxylic acids is 4. The SMILES string of the molecule is CC[C@H](C)[C@@H]([C@@H](CC(=O)N1CCCC1[C@H](OC)[C@@H](C)C(=O)N[C@H](C)[C@@H](OC)c1ccccc1)OC)N(C)C(=O)[C@@H](NC(=O)[C@@H](NC)C(C)C)C(C)C. The topological polar surface area (TPSA) is 139 Å². The van der Waals surface area contributed by atoms with Gasteiger partial charge in [-0.05, 0) is 50.1 Å². The summed E-state index contributed by atoms with van der Waals surface area (Å²) in [5, 5.41) is 9.17. The van der Waals surface area contributed by atoms with Gasteiger partial charge in [0.2, 0.25) is 23.6 Å². The molecule has 0 aromatic heterocycles. The van der Waals surface area contributed by atoms with Crippen LogP contribution in [-0.4, -0.2) is 118 Å². The minimum Gasteiger partial charge on any atom is -0.379 e. The van der Waals surface area contributed by atoms with Crippen molar-refractivity contribution in [2.24, 2.45) is 23.7 Å². The van der Waals surface area contributed by atoms with Crippen LogP contribution in [0.2, 0.25) is 0 Å². The molecule has 2 rings (SSSR count). The first-order valence-corrected chi connectivity index (χ1v) is 19.1. The Morgan fingerprint density at radius 1 is 0.865 bits per heavy atom. The van der Waals surface area contributed by atoms with Crippen molar-refractivity contribution in [3.8, 4) is 0 Å². The predicted octanol–water partition coefficient (Wildman–Crippen LogP) is 4.18. The van der Waals surface area contributed by atoms with Gasteiger partial charge in [0, 0.05) is 34.9 Å². The fourth-order valence-corrected chi connectivity index (χ4v) is 7.75. The van der Waals surface area contributed by atoms with E-state index in [1.54, 1.807) is 40.3 Å². The molecule has 296 valence electrons. The fourth-order valence-electron chi connectivity index (χ4n) is 7.75. The smallest absolute Gasteiger partial charge is 0.245 e. The van der Waals surface area contributed by atoms with Crippen molar-refractivity contribution in [3.05, 3.63) is 35.9 Å². The Morgan fingerprint density at radius 2 is 1.48 bits per heavy atom. The number of methoxy groups -OCH3 is 3. The Balaban J connectivity index is 2.25. The fraction of sp³-hybridized carbons (Fsp3) is 0.750. The number of likely N-dealkylation sites (tertiary alicyclic amines) is 1. The molecule has 0 bridgehead atoms. The van der Waals surface area contributed by atoms with Crippen molar-refractivity contribution >= 4 is 23.6 Å². The standard InChI is InChI=1S/C40H69N5O7/c1-14-26(6)35(44(10)40(49)34(25(4)5)43-39(48)33(41-9)24(2)3)31(50-11)23-32(46)45-22-18-21-30(45)36(51-12)27(7)38(47)42-28(8)37(52-13)29-19-16-15-17-20-29/h15-17,19-20,24-28,30-31,33-37,41H,14,18,21-23H2,1-13H3,(H,42,47)(H,43,48)/t26-,27+,28+,30?,31+,33-,34-,35-,36+,37+/m0/s1. The van der Waals surface area contributed by atoms with Gasteiger partial charge in [0.25, 0.3) is 0 Å². The third kappa shape index (κ3) is 11.5. The van der Waals surface area contributed by atoms with E-state index in [0.29, 0.717) is 13.0 Å². The molecule has 0 aliphatic carbocycles. The summed E-state index contributed by atoms with van der Waals surface area (Å²) in [5.74, 6) is -1.42. The Morgan fingerprint density at radius 3 is 1.98 bits per heavy atom. The first kappa shape index (κ1) is 45.1. The molecular weight excluding hydrogens is 662 g/mol. The van der Waals surface area contributed by atoms with Crippen LogP contribution in [-0.2, 0) is 33.4 Å². The van der Waals surface area contributed by atoms with Gasteiger partial charge in [-0.15, -0.1) is 0 Å². The molecule has 1 fully saturated rings. The molecule has 1 aromatic carbocycles. The number of hydrogen-bond acceptors (Lipinski definition) is 8. The summed E-state index contributed by atoms with van der Waals surface area (Å²) in [6, 6.07) is 7.54. The summed E-state index contributed by atoms with van der Waals surface area (Å²) in [4.78, 5) is 58.6. The van der Waals surface area contributed by atoms with Crippen LogP contribution in [0.3, 0.4) is 0 Å². The molecule has 1 heterocycles. The summed E-state index contributed by atoms with van der Waals surface area (Å²) in [7, 11) is 8.26. The van der Waals surface area contributed by atoms with E-state index >= 15 is 0 Å². The van der Waals surface area contributed by atoms with Gasteiger partial charge in [-0.25, -0.2) is 0 Å². The van der Waals surface area contributed by atoms with Gasteiger partial charge < -0.3 is 40.0 Å². The van der Waals surface area contributed by atoms with Crippen LogP contribution >= 0.6 is 0 Å². The zero-order valence-corrected chi connectivity index (χ0v) is 34.1. The lowest BCUT2D eigenvalue weighted by molar-refractivity contribution is -0.148. The Bertz CT molecular complexity index is 1260. The number of nitrogens with zero attached hydrogens (tertiary/aromatic N) is 2. The largest absolute Gasteiger partial charge is 0.379 e. The number of ether oxygens (including phenoxy) is 3. The maximum absolute atomic E-state index is 14.2. The van der Waals surface area contributed by atoms with Gasteiger partial charge in [-0.3, -0.25) is 19.2 Å². The third-order valence-electron chi connectivity index (χ3n) is 11.0. The molecule has 12 nitrogen and oxygen atoms in total. The highest BCUT2D eigenvalue weighted by molar-refractivity contribution is 5.90. The summed E-state index contributed by atoms with van der Waals surface area (Å²) >= 11 is 0. The average Bonchev–Trinajstić information content (AvgIpc) is 3.60. The number of rotatable bonds is 21. The van der Waals surface area contributed by atoms with E-state index in [1.807, 2.05) is 83.7 Å². The lowest BCUT2D eigenvalue weighted by Crippen LogP contribution is -2.59. The van der Waals surface area contributed by atoms with E-state index in [9.17, 15) is 19.2 Å². The van der Waals surface area contributed by atoms with Crippen LogP contribution in [0.5, 0.6) is 0 Å². The van der Waals surface area contributed by atoms with Crippen molar-refractivity contribution in [2.45, 2.75) is 130 Å². The number of likely N-dealkylation sites (N-methyl/N-ethyl adjacent to an activating group) is 2. The molecule has 10 atom stereocenters. The second-order valence-electron chi connectivity index (χ2n) is 15.2. The van der Waals surface area contributed by atoms with Crippen molar-refractivity contribution < 1.29 is 33.4 Å². The first-order valence-electron chi connectivity index (χ1n) is 19.1. The number of benzene rings is 1. The van der Waals surface area contributed by atoms with Crippen LogP contribution in [0.1, 0.15) is 92.7 Å². The molecule has 3 N–H and O–H groups in total. The molecule has 1 saturated heterocycles. The van der Waals surface area contributed by atoms with Gasteiger partial charge in [0.15, 0.2) is 0 Å². The summed E-state index contributed by atoms with van der Waals surface area (Å²) in [5.41, 5.74) is 0.968. The van der Waals surface area contributed by atoms with Gasteiger partial charge in [-0.1, -0.05) is 85.2 Å². The highest BCUT2D eigenvalue weighted by Crippen LogP contribution is 2.30. The molecule has 0 spiro atoms. The molecule has 1 aliphatic heterocycles. The second kappa shape index (κ2) is 21.6. The highest BCUT2D eigenvalue weighted by Gasteiger charge is 2.43. The molecule has 1 aliphatic rings. The molecule has 0 radical (unpaired) electrons. The van der Waals surface area contributed by atoms with E-state index < -0.39 is 36.3 Å². The van der Waals surface area contributed by atoms with Crippen molar-refractivity contribution in [1.82, 2.24) is 25.8 Å². The first-order chi connectivity index (χ1) is 24.6. The van der Waals surface area contributed by atoms with Crippen molar-refractivity contribution in [2.75, 3.05) is 42.0 Å². The molecule has 1 unspecified atom stereocenters. The third-order valence-corrected chi connectivity index (χ3v) is 11.0. The predicted molar refractivity (Wildman–Crippen MR) is 204 cm³/mol. The van der Waals surface area contributed by atoms with E-state index in [2.05, 4.69) is 22.9 Å². The van der Waals surface area contributed by atoms with E-state index in [4.69, 9.17) is 14.2 Å². The van der Waals surface area contributed by atoms with Crippen LogP contribution < -0.4 is 16.0 Å². The molecular formula is C40H69N5O7. The van der Waals surface area contributed by atoms with Crippen LogP contribution in [0, 0.1) is 23.7 Å². The average molecular weight is 732 g/mol. The monoisotopic (exact) mass is 732 g/mol. The lowest BCUT2D eigenvalue weighted by atomic mass is 9.89. The van der Waals surface area contributed by atoms with Gasteiger partial charge in [-0.2, -0.15) is 0 Å². The molecule has 1 aromatic rings. The minimum absolute atomic E-state index is 0.00504. The number of hydrogen-bond donors (Lipinski definition) is 3. The highest BCUT2D eigenvalue weighted by atomic mass is 16.5. The van der Waals surface area contributed by atoms with Crippen LogP contribution in [0.15, 0.2) is 30.3 Å². The zero-order valence-electron chi connectivity index (χ0n) is 34.1. The normalized spacial score (nSPS) is 20.0. The number of amides is 4. The Kier molecular flexibility index (Phi) is 18.7. The van der Waals surface area contributed by atoms with E-state index in [1.165, 1.54) is 0 Å². The molecule has 4 amide bonds. The second-order valence-corrected chi connectivity index (χ2v) is 15.2. The van der Waals surface area contributed by atoms with Gasteiger partial charge >= 0.3 is 0 Å². The molecule has 0 saturated carbocycles. The van der Waals surface area contributed by atoms with E-state index in [0.717, 1.165) is 18.4 Å². The number of carbonyl (C=O) groups is 4. The lowest BCUT2D eigenvalue weighted by Gasteiger charge is -2.41. The summed E-state index contributed by atoms with van der Waals surface area (Å²) < 4.78 is 17.7. The molecule has 12 heteroatoms. The number of nitrogens with one attached hydrogen (secondary N) is 3. The van der Waals surface area contributed by atoms with Crippen LogP contribution in [0.4, 0.5) is 0 Å². The minimum atomic E-state index is -0.750. The molecule has 52 heavy (non-hydrogen) atoms. The van der Waals surface area contributed by atoms with Crippen molar-refractivity contribution in [3.63, 3.8) is 0 Å². The maximum Gasteiger partial charge on any atom is 0.245 e. The van der Waals surface area contributed by atoms with Crippen molar-refractivity contribution in [1.29, 1.82) is 0 Å². The Labute approximate surface area is 313 Å². The zero-order chi connectivity index (χ0) is 39.3.